The third-order valence-electron chi connectivity index (χ3n) is 5.47. The highest BCUT2D eigenvalue weighted by Crippen LogP contribution is 2.47. The fourth-order valence-electron chi connectivity index (χ4n) is 3.99. The quantitative estimate of drug-likeness (QED) is 0.856. The summed E-state index contributed by atoms with van der Waals surface area (Å²) in [6.07, 6.45) is 3.83. The van der Waals surface area contributed by atoms with Gasteiger partial charge in [0.1, 0.15) is 0 Å². The molecule has 0 aromatic carbocycles. The third kappa shape index (κ3) is 3.13. The lowest BCUT2D eigenvalue weighted by molar-refractivity contribution is -0.133. The zero-order chi connectivity index (χ0) is 16.6. The molecule has 2 aliphatic rings. The van der Waals surface area contributed by atoms with Crippen LogP contribution in [-0.4, -0.2) is 52.5 Å². The molecule has 1 atom stereocenters. The van der Waals surface area contributed by atoms with Crippen LogP contribution in [0.5, 0.6) is 0 Å². The number of nitrogens with zero attached hydrogens (tertiary/aromatic N) is 4. The van der Waals surface area contributed by atoms with Gasteiger partial charge < -0.3 is 9.42 Å². The van der Waals surface area contributed by atoms with Gasteiger partial charge in [0.2, 0.25) is 11.8 Å². The molecule has 23 heavy (non-hydrogen) atoms. The minimum atomic E-state index is 0.236. The first-order chi connectivity index (χ1) is 10.9. The largest absolute Gasteiger partial charge is 0.343 e. The molecule has 1 aromatic heterocycles. The number of carbonyl (C=O) groups excluding carboxylic acids is 1. The average molecular weight is 320 g/mol. The van der Waals surface area contributed by atoms with Gasteiger partial charge in [-0.2, -0.15) is 4.98 Å². The summed E-state index contributed by atoms with van der Waals surface area (Å²) in [5.74, 6) is 2.08. The van der Waals surface area contributed by atoms with Crippen LogP contribution in [0, 0.1) is 5.41 Å². The smallest absolute Gasteiger partial charge is 0.229 e. The van der Waals surface area contributed by atoms with Crippen molar-refractivity contribution in [2.24, 2.45) is 5.41 Å². The molecule has 3 heterocycles. The monoisotopic (exact) mass is 320 g/mol. The maximum absolute atomic E-state index is 11.9. The fraction of sp³-hybridized carbons (Fsp3) is 0.824. The fourth-order valence-corrected chi connectivity index (χ4v) is 3.99. The van der Waals surface area contributed by atoms with E-state index in [1.807, 2.05) is 11.8 Å². The number of rotatable bonds is 3. The van der Waals surface area contributed by atoms with Gasteiger partial charge in [0.05, 0.1) is 6.04 Å². The van der Waals surface area contributed by atoms with Gasteiger partial charge in [-0.1, -0.05) is 25.9 Å². The van der Waals surface area contributed by atoms with Crippen molar-refractivity contribution in [1.29, 1.82) is 0 Å². The second kappa shape index (κ2) is 6.23. The number of hydrogen-bond donors (Lipinski definition) is 0. The zero-order valence-corrected chi connectivity index (χ0v) is 14.7. The SMILES string of the molecule is CCC(=O)N1CCC2(CC1)CC(c1noc(C(C)C)n1)N(C)C2. The van der Waals surface area contributed by atoms with Gasteiger partial charge in [0.15, 0.2) is 5.82 Å². The lowest BCUT2D eigenvalue weighted by atomic mass is 9.76. The molecule has 0 aliphatic carbocycles. The van der Waals surface area contributed by atoms with Crippen LogP contribution in [0.3, 0.4) is 0 Å². The predicted octanol–water partition coefficient (Wildman–Crippen LogP) is 2.59. The van der Waals surface area contributed by atoms with E-state index in [0.717, 1.165) is 50.6 Å². The van der Waals surface area contributed by atoms with Crippen LogP contribution in [0.15, 0.2) is 4.52 Å². The molecular weight excluding hydrogens is 292 g/mol. The van der Waals surface area contributed by atoms with Gasteiger partial charge >= 0.3 is 0 Å². The summed E-state index contributed by atoms with van der Waals surface area (Å²) in [7, 11) is 2.15. The molecule has 2 fully saturated rings. The molecule has 3 rings (SSSR count). The van der Waals surface area contributed by atoms with E-state index in [2.05, 4.69) is 35.9 Å². The molecule has 6 heteroatoms. The van der Waals surface area contributed by atoms with Crippen LogP contribution in [-0.2, 0) is 4.79 Å². The maximum Gasteiger partial charge on any atom is 0.229 e. The Kier molecular flexibility index (Phi) is 4.45. The van der Waals surface area contributed by atoms with Crippen LogP contribution in [0.25, 0.3) is 0 Å². The molecule has 1 amide bonds. The molecule has 2 saturated heterocycles. The molecule has 0 radical (unpaired) electrons. The van der Waals surface area contributed by atoms with E-state index < -0.39 is 0 Å². The first-order valence-electron chi connectivity index (χ1n) is 8.75. The molecule has 128 valence electrons. The number of piperidine rings is 1. The summed E-state index contributed by atoms with van der Waals surface area (Å²) in [5, 5.41) is 4.21. The highest BCUT2D eigenvalue weighted by atomic mass is 16.5. The Labute approximate surface area is 138 Å². The van der Waals surface area contributed by atoms with Gasteiger partial charge in [-0.05, 0) is 31.7 Å². The van der Waals surface area contributed by atoms with Crippen LogP contribution >= 0.6 is 0 Å². The Morgan fingerprint density at radius 2 is 2.09 bits per heavy atom. The number of carbonyl (C=O) groups is 1. The maximum atomic E-state index is 11.9. The highest BCUT2D eigenvalue weighted by molar-refractivity contribution is 5.75. The van der Waals surface area contributed by atoms with Gasteiger partial charge in [-0.25, -0.2) is 0 Å². The van der Waals surface area contributed by atoms with E-state index in [4.69, 9.17) is 4.52 Å². The highest BCUT2D eigenvalue weighted by Gasteiger charge is 2.46. The predicted molar refractivity (Wildman–Crippen MR) is 86.9 cm³/mol. The molecule has 0 saturated carbocycles. The van der Waals surface area contributed by atoms with Crippen molar-refractivity contribution < 1.29 is 9.32 Å². The van der Waals surface area contributed by atoms with Crippen molar-refractivity contribution in [3.8, 4) is 0 Å². The molecule has 2 aliphatic heterocycles. The van der Waals surface area contributed by atoms with E-state index in [0.29, 0.717) is 11.8 Å². The Morgan fingerprint density at radius 1 is 1.39 bits per heavy atom. The standard InChI is InChI=1S/C17H28N4O2/c1-5-14(22)21-8-6-17(7-9-21)10-13(20(4)11-17)15-18-16(12(2)3)23-19-15/h12-13H,5-11H2,1-4H3. The summed E-state index contributed by atoms with van der Waals surface area (Å²) >= 11 is 0. The third-order valence-corrected chi connectivity index (χ3v) is 5.47. The molecule has 1 unspecified atom stereocenters. The minimum absolute atomic E-state index is 0.236. The van der Waals surface area contributed by atoms with Crippen molar-refractivity contribution in [2.75, 3.05) is 26.7 Å². The van der Waals surface area contributed by atoms with Crippen molar-refractivity contribution in [2.45, 2.75) is 58.4 Å². The van der Waals surface area contributed by atoms with Crippen molar-refractivity contribution in [3.05, 3.63) is 11.7 Å². The average Bonchev–Trinajstić information content (AvgIpc) is 3.13. The van der Waals surface area contributed by atoms with Crippen LogP contribution in [0.4, 0.5) is 0 Å². The summed E-state index contributed by atoms with van der Waals surface area (Å²) in [6, 6.07) is 0.236. The topological polar surface area (TPSA) is 62.5 Å². The number of amides is 1. The first-order valence-corrected chi connectivity index (χ1v) is 8.75. The number of likely N-dealkylation sites (tertiary alicyclic amines) is 2. The van der Waals surface area contributed by atoms with E-state index in [1.54, 1.807) is 0 Å². The van der Waals surface area contributed by atoms with Crippen LogP contribution in [0.2, 0.25) is 0 Å². The lowest BCUT2D eigenvalue weighted by Crippen LogP contribution is -2.43. The normalized spacial score (nSPS) is 24.7. The molecule has 0 N–H and O–H groups in total. The van der Waals surface area contributed by atoms with Gasteiger partial charge in [-0.3, -0.25) is 9.69 Å². The van der Waals surface area contributed by atoms with E-state index >= 15 is 0 Å². The van der Waals surface area contributed by atoms with E-state index in [9.17, 15) is 4.79 Å². The second-order valence-corrected chi connectivity index (χ2v) is 7.51. The molecular formula is C17H28N4O2. The van der Waals surface area contributed by atoms with Gasteiger partial charge in [-0.15, -0.1) is 0 Å². The summed E-state index contributed by atoms with van der Waals surface area (Å²) < 4.78 is 5.38. The Bertz CT molecular complexity index is 561. The van der Waals surface area contributed by atoms with Crippen molar-refractivity contribution in [3.63, 3.8) is 0 Å². The van der Waals surface area contributed by atoms with Crippen molar-refractivity contribution >= 4 is 5.91 Å². The van der Waals surface area contributed by atoms with E-state index in [1.165, 1.54) is 0 Å². The lowest BCUT2D eigenvalue weighted by Gasteiger charge is -2.39. The van der Waals surface area contributed by atoms with Crippen molar-refractivity contribution in [1.82, 2.24) is 19.9 Å². The molecule has 1 aromatic rings. The minimum Gasteiger partial charge on any atom is -0.343 e. The van der Waals surface area contributed by atoms with Crippen LogP contribution < -0.4 is 0 Å². The zero-order valence-electron chi connectivity index (χ0n) is 14.7. The van der Waals surface area contributed by atoms with E-state index in [-0.39, 0.29) is 17.9 Å². The summed E-state index contributed by atoms with van der Waals surface area (Å²) in [6.45, 7) is 8.90. The second-order valence-electron chi connectivity index (χ2n) is 7.51. The van der Waals surface area contributed by atoms with Crippen LogP contribution in [0.1, 0.15) is 70.1 Å². The Balaban J connectivity index is 1.67. The molecule has 0 bridgehead atoms. The van der Waals surface area contributed by atoms with Gasteiger partial charge in [0.25, 0.3) is 0 Å². The first kappa shape index (κ1) is 16.4. The molecule has 6 nitrogen and oxygen atoms in total. The summed E-state index contributed by atoms with van der Waals surface area (Å²) in [4.78, 5) is 20.8. The Hall–Kier alpha value is -1.43. The van der Waals surface area contributed by atoms with Gasteiger partial charge in [0, 0.05) is 32.0 Å². The number of hydrogen-bond acceptors (Lipinski definition) is 5. The Morgan fingerprint density at radius 3 is 2.65 bits per heavy atom. The molecule has 1 spiro atoms. The summed E-state index contributed by atoms with van der Waals surface area (Å²) in [5.41, 5.74) is 0.294. The number of aromatic nitrogens is 2.